The van der Waals surface area contributed by atoms with Crippen molar-refractivity contribution in [3.8, 4) is 11.5 Å². The molecule has 7 heteroatoms. The number of para-hydroxylation sites is 2. The summed E-state index contributed by atoms with van der Waals surface area (Å²) in [6.45, 7) is 8.02. The number of allylic oxidation sites excluding steroid dienone is 1. The SMILES string of the molecule is CCOc1ccc([C@@H]2C(C(=O)OC(C)C)=C(C)Nc3nc4ccccc4n32)cc1OC. The van der Waals surface area contributed by atoms with E-state index in [0.29, 0.717) is 35.3 Å². The minimum absolute atomic E-state index is 0.232. The fraction of sp³-hybridized carbons (Fsp3) is 0.333. The van der Waals surface area contributed by atoms with Crippen LogP contribution in [0.25, 0.3) is 11.0 Å². The predicted molar refractivity (Wildman–Crippen MR) is 120 cm³/mol. The highest BCUT2D eigenvalue weighted by Crippen LogP contribution is 2.42. The summed E-state index contributed by atoms with van der Waals surface area (Å²) in [5.41, 5.74) is 3.90. The summed E-state index contributed by atoms with van der Waals surface area (Å²) in [5.74, 6) is 1.59. The molecule has 1 atom stereocenters. The van der Waals surface area contributed by atoms with Gasteiger partial charge < -0.3 is 19.5 Å². The van der Waals surface area contributed by atoms with E-state index in [1.807, 2.05) is 74.7 Å². The Morgan fingerprint density at radius 2 is 1.97 bits per heavy atom. The molecular weight excluding hydrogens is 394 g/mol. The first-order valence-electron chi connectivity index (χ1n) is 10.4. The average Bonchev–Trinajstić information content (AvgIpc) is 3.10. The molecule has 0 spiro atoms. The van der Waals surface area contributed by atoms with E-state index in [1.54, 1.807) is 7.11 Å². The highest BCUT2D eigenvalue weighted by atomic mass is 16.5. The fourth-order valence-electron chi connectivity index (χ4n) is 3.95. The van der Waals surface area contributed by atoms with Crippen molar-refractivity contribution in [2.75, 3.05) is 19.0 Å². The lowest BCUT2D eigenvalue weighted by Crippen LogP contribution is -2.30. The van der Waals surface area contributed by atoms with E-state index < -0.39 is 6.04 Å². The van der Waals surface area contributed by atoms with E-state index in [-0.39, 0.29) is 12.1 Å². The number of carbonyl (C=O) groups excluding carboxylic acids is 1. The van der Waals surface area contributed by atoms with Gasteiger partial charge in [0, 0.05) is 5.70 Å². The van der Waals surface area contributed by atoms with Crippen molar-refractivity contribution >= 4 is 23.0 Å². The van der Waals surface area contributed by atoms with Crippen molar-refractivity contribution in [2.24, 2.45) is 0 Å². The molecule has 0 aliphatic carbocycles. The number of benzene rings is 2. The maximum atomic E-state index is 13.2. The summed E-state index contributed by atoms with van der Waals surface area (Å²) in [6, 6.07) is 13.2. The fourth-order valence-corrected chi connectivity index (χ4v) is 3.95. The van der Waals surface area contributed by atoms with Crippen LogP contribution in [0.2, 0.25) is 0 Å². The number of nitrogens with zero attached hydrogens (tertiary/aromatic N) is 2. The van der Waals surface area contributed by atoms with E-state index >= 15 is 0 Å². The van der Waals surface area contributed by atoms with Crippen molar-refractivity contribution < 1.29 is 19.0 Å². The van der Waals surface area contributed by atoms with E-state index in [0.717, 1.165) is 16.6 Å². The Balaban J connectivity index is 1.94. The van der Waals surface area contributed by atoms with Crippen LogP contribution in [0.4, 0.5) is 5.95 Å². The predicted octanol–water partition coefficient (Wildman–Crippen LogP) is 4.68. The minimum Gasteiger partial charge on any atom is -0.493 e. The molecule has 0 bridgehead atoms. The third kappa shape index (κ3) is 3.71. The smallest absolute Gasteiger partial charge is 0.338 e. The van der Waals surface area contributed by atoms with Gasteiger partial charge in [0.05, 0.1) is 42.5 Å². The first kappa shape index (κ1) is 20.8. The number of nitrogens with one attached hydrogen (secondary N) is 1. The van der Waals surface area contributed by atoms with Gasteiger partial charge in [-0.15, -0.1) is 0 Å². The molecule has 162 valence electrons. The zero-order chi connectivity index (χ0) is 22.1. The number of ether oxygens (including phenoxy) is 3. The lowest BCUT2D eigenvalue weighted by atomic mass is 9.94. The van der Waals surface area contributed by atoms with E-state index in [4.69, 9.17) is 19.2 Å². The van der Waals surface area contributed by atoms with Crippen molar-refractivity contribution in [1.29, 1.82) is 0 Å². The number of hydrogen-bond acceptors (Lipinski definition) is 6. The number of anilines is 1. The second-order valence-electron chi connectivity index (χ2n) is 7.66. The van der Waals surface area contributed by atoms with Gasteiger partial charge in [0.1, 0.15) is 0 Å². The molecule has 4 rings (SSSR count). The molecule has 1 aromatic heterocycles. The maximum Gasteiger partial charge on any atom is 0.338 e. The zero-order valence-corrected chi connectivity index (χ0v) is 18.4. The largest absolute Gasteiger partial charge is 0.493 e. The van der Waals surface area contributed by atoms with Gasteiger partial charge in [-0.25, -0.2) is 9.78 Å². The highest BCUT2D eigenvalue weighted by molar-refractivity contribution is 5.94. The number of fused-ring (bicyclic) bond motifs is 3. The van der Waals surface area contributed by atoms with Crippen LogP contribution in [0.5, 0.6) is 11.5 Å². The normalized spacial score (nSPS) is 15.6. The van der Waals surface area contributed by atoms with Crippen LogP contribution in [0.3, 0.4) is 0 Å². The minimum atomic E-state index is -0.431. The summed E-state index contributed by atoms with van der Waals surface area (Å²) < 4.78 is 18.9. The second kappa shape index (κ2) is 8.34. The van der Waals surface area contributed by atoms with Crippen LogP contribution in [0, 0.1) is 0 Å². The lowest BCUT2D eigenvalue weighted by Gasteiger charge is -2.31. The zero-order valence-electron chi connectivity index (χ0n) is 18.4. The standard InChI is InChI=1S/C24H27N3O4/c1-6-30-19-12-11-16(13-20(19)29-5)22-21(23(28)31-14(2)3)15(4)25-24-26-17-9-7-8-10-18(17)27(22)24/h7-14,22H,6H2,1-5H3,(H,25,26)/t22-/m1/s1. The third-order valence-corrected chi connectivity index (χ3v) is 5.20. The quantitative estimate of drug-likeness (QED) is 0.583. The Hall–Kier alpha value is -3.48. The van der Waals surface area contributed by atoms with Gasteiger partial charge in [0.15, 0.2) is 11.5 Å². The highest BCUT2D eigenvalue weighted by Gasteiger charge is 2.35. The van der Waals surface area contributed by atoms with Crippen LogP contribution in [-0.4, -0.2) is 35.3 Å². The van der Waals surface area contributed by atoms with E-state index in [1.165, 1.54) is 0 Å². The third-order valence-electron chi connectivity index (χ3n) is 5.20. The van der Waals surface area contributed by atoms with Gasteiger partial charge in [0.2, 0.25) is 5.95 Å². The van der Waals surface area contributed by atoms with Gasteiger partial charge in [0.25, 0.3) is 0 Å². The monoisotopic (exact) mass is 421 g/mol. The molecule has 1 aliphatic rings. The van der Waals surface area contributed by atoms with Crippen LogP contribution >= 0.6 is 0 Å². The van der Waals surface area contributed by atoms with Gasteiger partial charge in [-0.1, -0.05) is 18.2 Å². The number of methoxy groups -OCH3 is 1. The summed E-state index contributed by atoms with van der Waals surface area (Å²) in [4.78, 5) is 17.9. The van der Waals surface area contributed by atoms with Gasteiger partial charge in [-0.05, 0) is 57.5 Å². The molecule has 0 saturated carbocycles. The molecule has 0 unspecified atom stereocenters. The maximum absolute atomic E-state index is 13.2. The molecular formula is C24H27N3O4. The van der Waals surface area contributed by atoms with Crippen molar-refractivity contribution in [3.63, 3.8) is 0 Å². The number of rotatable bonds is 6. The molecule has 3 aromatic rings. The Kier molecular flexibility index (Phi) is 5.59. The summed E-state index contributed by atoms with van der Waals surface area (Å²) in [7, 11) is 1.61. The van der Waals surface area contributed by atoms with Crippen molar-refractivity contribution in [1.82, 2.24) is 9.55 Å². The lowest BCUT2D eigenvalue weighted by molar-refractivity contribution is -0.143. The second-order valence-corrected chi connectivity index (χ2v) is 7.66. The molecule has 2 heterocycles. The molecule has 0 radical (unpaired) electrons. The Labute approximate surface area is 181 Å². The molecule has 7 nitrogen and oxygen atoms in total. The first-order valence-corrected chi connectivity index (χ1v) is 10.4. The van der Waals surface area contributed by atoms with Crippen LogP contribution in [-0.2, 0) is 9.53 Å². The van der Waals surface area contributed by atoms with E-state index in [2.05, 4.69) is 5.32 Å². The number of carbonyl (C=O) groups is 1. The average molecular weight is 421 g/mol. The van der Waals surface area contributed by atoms with Crippen LogP contribution in [0.1, 0.15) is 39.3 Å². The van der Waals surface area contributed by atoms with Gasteiger partial charge in [-0.3, -0.25) is 4.57 Å². The molecule has 2 aromatic carbocycles. The van der Waals surface area contributed by atoms with Crippen molar-refractivity contribution in [3.05, 3.63) is 59.3 Å². The van der Waals surface area contributed by atoms with Gasteiger partial charge in [-0.2, -0.15) is 0 Å². The van der Waals surface area contributed by atoms with Crippen LogP contribution in [0.15, 0.2) is 53.7 Å². The molecule has 0 fully saturated rings. The summed E-state index contributed by atoms with van der Waals surface area (Å²) >= 11 is 0. The number of imidazole rings is 1. The summed E-state index contributed by atoms with van der Waals surface area (Å²) in [5, 5.41) is 3.29. The molecule has 1 N–H and O–H groups in total. The molecule has 0 amide bonds. The Morgan fingerprint density at radius 1 is 1.19 bits per heavy atom. The Bertz CT molecular complexity index is 1160. The molecule has 31 heavy (non-hydrogen) atoms. The molecule has 1 aliphatic heterocycles. The molecule has 0 saturated heterocycles. The van der Waals surface area contributed by atoms with Crippen LogP contribution < -0.4 is 14.8 Å². The summed E-state index contributed by atoms with van der Waals surface area (Å²) in [6.07, 6.45) is -0.232. The first-order chi connectivity index (χ1) is 14.9. The van der Waals surface area contributed by atoms with Crippen molar-refractivity contribution in [2.45, 2.75) is 39.8 Å². The number of esters is 1. The van der Waals surface area contributed by atoms with Gasteiger partial charge >= 0.3 is 5.97 Å². The number of hydrogen-bond donors (Lipinski definition) is 1. The van der Waals surface area contributed by atoms with E-state index in [9.17, 15) is 4.79 Å². The Morgan fingerprint density at radius 3 is 2.68 bits per heavy atom. The number of aromatic nitrogens is 2. The topological polar surface area (TPSA) is 74.6 Å².